The Balaban J connectivity index is 2.17. The number of nitrogens with one attached hydrogen (secondary N) is 1. The summed E-state index contributed by atoms with van der Waals surface area (Å²) in [5.74, 6) is 7.68. The third-order valence-corrected chi connectivity index (χ3v) is 3.79. The van der Waals surface area contributed by atoms with Crippen LogP contribution in [0.25, 0.3) is 0 Å². The minimum absolute atomic E-state index is 0.339. The molecule has 2 heterocycles. The molecular weight excluding hydrogens is 252 g/mol. The quantitative estimate of drug-likeness (QED) is 0.627. The highest BCUT2D eigenvalue weighted by molar-refractivity contribution is 5.60. The largest absolute Gasteiger partial charge is 0.354 e. The van der Waals surface area contributed by atoms with Crippen LogP contribution in [-0.4, -0.2) is 47.6 Å². The lowest BCUT2D eigenvalue weighted by atomic mass is 10.0. The molecule has 1 saturated heterocycles. The molecule has 1 aliphatic heterocycles. The molecule has 0 radical (unpaired) electrons. The van der Waals surface area contributed by atoms with E-state index in [1.807, 2.05) is 0 Å². The molecule has 1 fully saturated rings. The lowest BCUT2D eigenvalue weighted by Crippen LogP contribution is -2.47. The third kappa shape index (κ3) is 3.19. The van der Waals surface area contributed by atoms with Crippen molar-refractivity contribution < 1.29 is 0 Å². The zero-order valence-corrected chi connectivity index (χ0v) is 12.8. The van der Waals surface area contributed by atoms with Gasteiger partial charge in [0.1, 0.15) is 18.0 Å². The van der Waals surface area contributed by atoms with Crippen LogP contribution in [0.5, 0.6) is 0 Å². The van der Waals surface area contributed by atoms with Crippen LogP contribution in [-0.2, 0) is 0 Å². The molecule has 1 aromatic rings. The van der Waals surface area contributed by atoms with Gasteiger partial charge in [0.2, 0.25) is 0 Å². The number of aromatic nitrogens is 2. The van der Waals surface area contributed by atoms with Gasteiger partial charge in [-0.15, -0.1) is 0 Å². The van der Waals surface area contributed by atoms with Crippen LogP contribution >= 0.6 is 0 Å². The van der Waals surface area contributed by atoms with Gasteiger partial charge in [-0.05, 0) is 18.9 Å². The van der Waals surface area contributed by atoms with Crippen molar-refractivity contribution in [3.8, 4) is 0 Å². The summed E-state index contributed by atoms with van der Waals surface area (Å²) in [6, 6.07) is 0. The Morgan fingerprint density at radius 3 is 2.50 bits per heavy atom. The Kier molecular flexibility index (Phi) is 5.14. The Labute approximate surface area is 121 Å². The molecule has 1 aliphatic rings. The van der Waals surface area contributed by atoms with Crippen molar-refractivity contribution in [2.75, 3.05) is 43.0 Å². The summed E-state index contributed by atoms with van der Waals surface area (Å²) in [7, 11) is 0. The number of nitrogens with zero attached hydrogens (tertiary/aromatic N) is 4. The van der Waals surface area contributed by atoms with Crippen LogP contribution in [0, 0.1) is 0 Å². The average molecular weight is 278 g/mol. The van der Waals surface area contributed by atoms with Crippen LogP contribution in [0.1, 0.15) is 38.7 Å². The van der Waals surface area contributed by atoms with Crippen molar-refractivity contribution in [3.63, 3.8) is 0 Å². The first-order valence-electron chi connectivity index (χ1n) is 7.46. The summed E-state index contributed by atoms with van der Waals surface area (Å²) in [6.45, 7) is 11.9. The molecular formula is C14H26N6. The van der Waals surface area contributed by atoms with E-state index in [4.69, 9.17) is 5.84 Å². The van der Waals surface area contributed by atoms with E-state index in [0.717, 1.165) is 43.4 Å². The van der Waals surface area contributed by atoms with Gasteiger partial charge in [0, 0.05) is 31.7 Å². The lowest BCUT2D eigenvalue weighted by molar-refractivity contribution is 0.257. The number of hydrazine groups is 1. The van der Waals surface area contributed by atoms with Gasteiger partial charge in [-0.3, -0.25) is 4.90 Å². The molecule has 0 saturated carbocycles. The van der Waals surface area contributed by atoms with Crippen molar-refractivity contribution in [3.05, 3.63) is 11.9 Å². The zero-order valence-electron chi connectivity index (χ0n) is 12.8. The van der Waals surface area contributed by atoms with Gasteiger partial charge >= 0.3 is 0 Å². The first-order chi connectivity index (χ1) is 9.67. The van der Waals surface area contributed by atoms with Crippen molar-refractivity contribution in [2.24, 2.45) is 5.84 Å². The normalized spacial score (nSPS) is 16.8. The molecule has 2 rings (SSSR count). The molecule has 6 heteroatoms. The number of hydrogen-bond acceptors (Lipinski definition) is 6. The fourth-order valence-electron chi connectivity index (χ4n) is 2.78. The van der Waals surface area contributed by atoms with Crippen LogP contribution in [0.15, 0.2) is 6.33 Å². The number of piperazine rings is 1. The number of hydrogen-bond donors (Lipinski definition) is 2. The molecule has 112 valence electrons. The number of nitrogens with two attached hydrogens (primary N) is 1. The van der Waals surface area contributed by atoms with Gasteiger partial charge in [0.15, 0.2) is 0 Å². The Morgan fingerprint density at radius 2 is 1.95 bits per heavy atom. The van der Waals surface area contributed by atoms with Crippen LogP contribution in [0.2, 0.25) is 0 Å². The summed E-state index contributed by atoms with van der Waals surface area (Å²) < 4.78 is 0. The summed E-state index contributed by atoms with van der Waals surface area (Å²) >= 11 is 0. The van der Waals surface area contributed by atoms with E-state index in [9.17, 15) is 0 Å². The number of rotatable bonds is 5. The SMILES string of the molecule is CCCN1CCN(c2ncnc(NN)c2C(C)C)CC1. The van der Waals surface area contributed by atoms with Gasteiger partial charge in [0.25, 0.3) is 0 Å². The number of anilines is 2. The second-order valence-electron chi connectivity index (χ2n) is 5.59. The fraction of sp³-hybridized carbons (Fsp3) is 0.714. The van der Waals surface area contributed by atoms with Crippen LogP contribution < -0.4 is 16.2 Å². The van der Waals surface area contributed by atoms with Gasteiger partial charge < -0.3 is 10.3 Å². The smallest absolute Gasteiger partial charge is 0.148 e. The van der Waals surface area contributed by atoms with E-state index >= 15 is 0 Å². The van der Waals surface area contributed by atoms with Crippen molar-refractivity contribution in [2.45, 2.75) is 33.1 Å². The lowest BCUT2D eigenvalue weighted by Gasteiger charge is -2.36. The molecule has 0 aromatic carbocycles. The highest BCUT2D eigenvalue weighted by Gasteiger charge is 2.23. The highest BCUT2D eigenvalue weighted by Crippen LogP contribution is 2.30. The van der Waals surface area contributed by atoms with Crippen LogP contribution in [0.4, 0.5) is 11.6 Å². The number of nitrogen functional groups attached to an aromatic ring is 1. The molecule has 3 N–H and O–H groups in total. The van der Waals surface area contributed by atoms with E-state index in [1.165, 1.54) is 13.0 Å². The molecule has 0 bridgehead atoms. The fourth-order valence-corrected chi connectivity index (χ4v) is 2.78. The monoisotopic (exact) mass is 278 g/mol. The van der Waals surface area contributed by atoms with Crippen LogP contribution in [0.3, 0.4) is 0 Å². The maximum atomic E-state index is 5.58. The predicted octanol–water partition coefficient (Wildman–Crippen LogP) is 1.42. The van der Waals surface area contributed by atoms with Gasteiger partial charge in [-0.1, -0.05) is 20.8 Å². The molecule has 0 spiro atoms. The molecule has 0 amide bonds. The highest BCUT2D eigenvalue weighted by atomic mass is 15.3. The maximum Gasteiger partial charge on any atom is 0.148 e. The summed E-state index contributed by atoms with van der Waals surface area (Å²) in [4.78, 5) is 13.6. The van der Waals surface area contributed by atoms with E-state index in [2.05, 4.69) is 46.0 Å². The molecule has 1 aromatic heterocycles. The first-order valence-corrected chi connectivity index (χ1v) is 7.46. The van der Waals surface area contributed by atoms with Gasteiger partial charge in [-0.2, -0.15) is 0 Å². The Hall–Kier alpha value is -1.40. The standard InChI is InChI=1S/C14H26N6/c1-4-5-19-6-8-20(9-7-19)14-12(11(2)3)13(18-15)16-10-17-14/h10-11H,4-9,15H2,1-3H3,(H,16,17,18). The Morgan fingerprint density at radius 1 is 1.25 bits per heavy atom. The Bertz CT molecular complexity index is 426. The molecule has 0 unspecified atom stereocenters. The summed E-state index contributed by atoms with van der Waals surface area (Å²) in [6.07, 6.45) is 2.81. The molecule has 0 atom stereocenters. The van der Waals surface area contributed by atoms with Gasteiger partial charge in [0.05, 0.1) is 0 Å². The van der Waals surface area contributed by atoms with Gasteiger partial charge in [-0.25, -0.2) is 15.8 Å². The van der Waals surface area contributed by atoms with Crippen molar-refractivity contribution in [1.29, 1.82) is 0 Å². The van der Waals surface area contributed by atoms with E-state index in [-0.39, 0.29) is 0 Å². The summed E-state index contributed by atoms with van der Waals surface area (Å²) in [5, 5.41) is 0. The topological polar surface area (TPSA) is 70.3 Å². The summed E-state index contributed by atoms with van der Waals surface area (Å²) in [5.41, 5.74) is 3.81. The molecule has 0 aliphatic carbocycles. The van der Waals surface area contributed by atoms with E-state index in [1.54, 1.807) is 6.33 Å². The maximum absolute atomic E-state index is 5.58. The average Bonchev–Trinajstić information content (AvgIpc) is 2.47. The second kappa shape index (κ2) is 6.85. The minimum Gasteiger partial charge on any atom is -0.354 e. The van der Waals surface area contributed by atoms with E-state index < -0.39 is 0 Å². The molecule has 6 nitrogen and oxygen atoms in total. The minimum atomic E-state index is 0.339. The van der Waals surface area contributed by atoms with E-state index in [0.29, 0.717) is 5.92 Å². The third-order valence-electron chi connectivity index (χ3n) is 3.79. The zero-order chi connectivity index (χ0) is 14.5. The second-order valence-corrected chi connectivity index (χ2v) is 5.59. The first kappa shape index (κ1) is 15.0. The van der Waals surface area contributed by atoms with Crippen molar-refractivity contribution in [1.82, 2.24) is 14.9 Å². The molecule has 20 heavy (non-hydrogen) atoms. The van der Waals surface area contributed by atoms with Crippen molar-refractivity contribution >= 4 is 11.6 Å². The predicted molar refractivity (Wildman–Crippen MR) is 82.9 cm³/mol.